The van der Waals surface area contributed by atoms with E-state index in [1.165, 1.54) is 10.9 Å². The molecule has 2 N–H and O–H groups in total. The van der Waals surface area contributed by atoms with Gasteiger partial charge in [-0.1, -0.05) is 41.4 Å². The first-order valence-corrected chi connectivity index (χ1v) is 8.88. The number of hydrogen-bond acceptors (Lipinski definition) is 3. The topological polar surface area (TPSA) is 79.8 Å². The highest BCUT2D eigenvalue weighted by Gasteiger charge is 2.13. The van der Waals surface area contributed by atoms with E-state index in [1.807, 2.05) is 43.3 Å². The fraction of sp³-hybridized carbons (Fsp3) is 0.150. The van der Waals surface area contributed by atoms with Crippen molar-refractivity contribution in [2.75, 3.05) is 0 Å². The van der Waals surface area contributed by atoms with Crippen molar-refractivity contribution in [1.82, 2.24) is 19.9 Å². The molecule has 136 valence electrons. The summed E-state index contributed by atoms with van der Waals surface area (Å²) in [5.74, 6) is -0.287. The first kappa shape index (κ1) is 17.3. The molecule has 2 aromatic carbocycles. The fourth-order valence-corrected chi connectivity index (χ4v) is 3.27. The minimum absolute atomic E-state index is 0.110. The second-order valence-corrected chi connectivity index (χ2v) is 6.85. The highest BCUT2D eigenvalue weighted by atomic mass is 35.5. The zero-order valence-electron chi connectivity index (χ0n) is 14.6. The van der Waals surface area contributed by atoms with Crippen LogP contribution in [0.5, 0.6) is 0 Å². The number of aromatic nitrogens is 3. The van der Waals surface area contributed by atoms with Gasteiger partial charge < -0.3 is 10.3 Å². The van der Waals surface area contributed by atoms with E-state index < -0.39 is 0 Å². The van der Waals surface area contributed by atoms with Gasteiger partial charge in [0.1, 0.15) is 17.6 Å². The van der Waals surface area contributed by atoms with Gasteiger partial charge in [-0.3, -0.25) is 14.2 Å². The summed E-state index contributed by atoms with van der Waals surface area (Å²) in [5, 5.41) is 4.27. The molecule has 0 spiro atoms. The largest absolute Gasteiger partial charge is 0.350 e. The van der Waals surface area contributed by atoms with Crippen LogP contribution in [0.25, 0.3) is 21.9 Å². The normalized spacial score (nSPS) is 11.2. The van der Waals surface area contributed by atoms with Gasteiger partial charge in [-0.2, -0.15) is 0 Å². The SMILES string of the molecule is Cc1ccc2[nH]c3c(=O)n(CC(=O)NCc4ccccc4Cl)cnc3c2c1. The number of fused-ring (bicyclic) bond motifs is 3. The minimum Gasteiger partial charge on any atom is -0.350 e. The van der Waals surface area contributed by atoms with Crippen LogP contribution in [0.1, 0.15) is 11.1 Å². The van der Waals surface area contributed by atoms with Gasteiger partial charge in [0, 0.05) is 22.5 Å². The zero-order chi connectivity index (χ0) is 19.0. The van der Waals surface area contributed by atoms with Crippen LogP contribution in [0.15, 0.2) is 53.6 Å². The van der Waals surface area contributed by atoms with Crippen LogP contribution >= 0.6 is 11.6 Å². The summed E-state index contributed by atoms with van der Waals surface area (Å²) < 4.78 is 1.30. The van der Waals surface area contributed by atoms with Crippen molar-refractivity contribution in [1.29, 1.82) is 0 Å². The quantitative estimate of drug-likeness (QED) is 0.570. The van der Waals surface area contributed by atoms with E-state index in [0.717, 1.165) is 22.0 Å². The van der Waals surface area contributed by atoms with Gasteiger partial charge in [0.15, 0.2) is 0 Å². The Labute approximate surface area is 159 Å². The molecule has 0 atom stereocenters. The standard InChI is InChI=1S/C20H17ClN4O2/c1-12-6-7-16-14(8-12)18-19(24-16)20(27)25(11-23-18)10-17(26)22-9-13-4-2-3-5-15(13)21/h2-8,11,24H,9-10H2,1H3,(H,22,26). The third-order valence-electron chi connectivity index (χ3n) is 4.48. The van der Waals surface area contributed by atoms with E-state index in [4.69, 9.17) is 11.6 Å². The molecule has 4 aromatic rings. The minimum atomic E-state index is -0.287. The van der Waals surface area contributed by atoms with E-state index in [2.05, 4.69) is 15.3 Å². The second kappa shape index (κ2) is 6.89. The first-order valence-electron chi connectivity index (χ1n) is 8.50. The number of hydrogen-bond donors (Lipinski definition) is 2. The Morgan fingerprint density at radius 3 is 2.89 bits per heavy atom. The molecule has 0 aliphatic rings. The first-order chi connectivity index (χ1) is 13.0. The number of rotatable bonds is 4. The van der Waals surface area contributed by atoms with Crippen molar-refractivity contribution in [2.24, 2.45) is 0 Å². The van der Waals surface area contributed by atoms with Crippen LogP contribution in [0.4, 0.5) is 0 Å². The van der Waals surface area contributed by atoms with Gasteiger partial charge >= 0.3 is 0 Å². The third-order valence-corrected chi connectivity index (χ3v) is 4.84. The van der Waals surface area contributed by atoms with Gasteiger partial charge in [-0.05, 0) is 30.7 Å². The van der Waals surface area contributed by atoms with Gasteiger partial charge in [0.25, 0.3) is 5.56 Å². The number of aryl methyl sites for hydroxylation is 1. The van der Waals surface area contributed by atoms with Crippen LogP contribution in [0.3, 0.4) is 0 Å². The number of H-pyrrole nitrogens is 1. The highest BCUT2D eigenvalue weighted by Crippen LogP contribution is 2.22. The molecule has 0 fully saturated rings. The molecular weight excluding hydrogens is 364 g/mol. The number of carbonyl (C=O) groups excluding carboxylic acids is 1. The van der Waals surface area contributed by atoms with Gasteiger partial charge in [0.05, 0.1) is 6.33 Å². The summed E-state index contributed by atoms with van der Waals surface area (Å²) >= 11 is 6.09. The Kier molecular flexibility index (Phi) is 4.41. The van der Waals surface area contributed by atoms with Gasteiger partial charge in [0.2, 0.25) is 5.91 Å². The Morgan fingerprint density at radius 2 is 2.07 bits per heavy atom. The lowest BCUT2D eigenvalue weighted by molar-refractivity contribution is -0.121. The summed E-state index contributed by atoms with van der Waals surface area (Å²) in [6.07, 6.45) is 1.41. The van der Waals surface area contributed by atoms with E-state index >= 15 is 0 Å². The average Bonchev–Trinajstić information content (AvgIpc) is 3.02. The fourth-order valence-electron chi connectivity index (χ4n) is 3.06. The maximum absolute atomic E-state index is 12.7. The molecule has 0 unspecified atom stereocenters. The second-order valence-electron chi connectivity index (χ2n) is 6.44. The number of aromatic amines is 1. The predicted molar refractivity (Wildman–Crippen MR) is 106 cm³/mol. The molecule has 1 amide bonds. The molecule has 6 nitrogen and oxygen atoms in total. The van der Waals surface area contributed by atoms with Crippen LogP contribution in [0, 0.1) is 6.92 Å². The Morgan fingerprint density at radius 1 is 1.26 bits per heavy atom. The van der Waals surface area contributed by atoms with Crippen LogP contribution in [0.2, 0.25) is 5.02 Å². The summed E-state index contributed by atoms with van der Waals surface area (Å²) in [6.45, 7) is 2.18. The number of amides is 1. The zero-order valence-corrected chi connectivity index (χ0v) is 15.4. The Bertz CT molecular complexity index is 1230. The van der Waals surface area contributed by atoms with E-state index in [1.54, 1.807) is 6.07 Å². The average molecular weight is 381 g/mol. The monoisotopic (exact) mass is 380 g/mol. The molecule has 27 heavy (non-hydrogen) atoms. The molecule has 2 aromatic heterocycles. The number of benzene rings is 2. The van der Waals surface area contributed by atoms with Crippen LogP contribution in [-0.4, -0.2) is 20.4 Å². The van der Waals surface area contributed by atoms with Crippen LogP contribution in [-0.2, 0) is 17.9 Å². The molecular formula is C20H17ClN4O2. The van der Waals surface area contributed by atoms with Gasteiger partial charge in [-0.15, -0.1) is 0 Å². The lowest BCUT2D eigenvalue weighted by Gasteiger charge is -2.08. The molecule has 0 aliphatic carbocycles. The number of halogens is 1. The summed E-state index contributed by atoms with van der Waals surface area (Å²) in [7, 11) is 0. The number of nitrogens with one attached hydrogen (secondary N) is 2. The number of carbonyl (C=O) groups is 1. The molecule has 0 saturated carbocycles. The Balaban J connectivity index is 1.58. The summed E-state index contributed by atoms with van der Waals surface area (Å²) in [5.41, 5.74) is 3.50. The predicted octanol–water partition coefficient (Wildman–Crippen LogP) is 3.16. The summed E-state index contributed by atoms with van der Waals surface area (Å²) in [4.78, 5) is 32.5. The lowest BCUT2D eigenvalue weighted by Crippen LogP contribution is -2.32. The maximum atomic E-state index is 12.7. The lowest BCUT2D eigenvalue weighted by atomic mass is 10.2. The maximum Gasteiger partial charge on any atom is 0.278 e. The number of nitrogens with zero attached hydrogens (tertiary/aromatic N) is 2. The van der Waals surface area contributed by atoms with Gasteiger partial charge in [-0.25, -0.2) is 4.98 Å². The van der Waals surface area contributed by atoms with Crippen molar-refractivity contribution in [2.45, 2.75) is 20.0 Å². The van der Waals surface area contributed by atoms with Crippen LogP contribution < -0.4 is 10.9 Å². The molecule has 0 bridgehead atoms. The molecule has 7 heteroatoms. The van der Waals surface area contributed by atoms with Crippen molar-refractivity contribution in [3.8, 4) is 0 Å². The highest BCUT2D eigenvalue weighted by molar-refractivity contribution is 6.31. The third kappa shape index (κ3) is 3.31. The molecule has 0 saturated heterocycles. The molecule has 0 aliphatic heterocycles. The molecule has 0 radical (unpaired) electrons. The molecule has 4 rings (SSSR count). The smallest absolute Gasteiger partial charge is 0.278 e. The van der Waals surface area contributed by atoms with E-state index in [9.17, 15) is 9.59 Å². The van der Waals surface area contributed by atoms with Crippen molar-refractivity contribution in [3.63, 3.8) is 0 Å². The summed E-state index contributed by atoms with van der Waals surface area (Å²) in [6, 6.07) is 13.2. The molecule has 2 heterocycles. The van der Waals surface area contributed by atoms with Crippen molar-refractivity contribution < 1.29 is 4.79 Å². The van der Waals surface area contributed by atoms with E-state index in [0.29, 0.717) is 22.6 Å². The van der Waals surface area contributed by atoms with E-state index in [-0.39, 0.29) is 18.0 Å². The van der Waals surface area contributed by atoms with Crippen molar-refractivity contribution in [3.05, 3.63) is 75.3 Å². The van der Waals surface area contributed by atoms with Crippen molar-refractivity contribution >= 4 is 39.4 Å². The Hall–Kier alpha value is -3.12.